The highest BCUT2D eigenvalue weighted by molar-refractivity contribution is 9.11. The molecule has 0 amide bonds. The zero-order valence-corrected chi connectivity index (χ0v) is 13.1. The third kappa shape index (κ3) is 3.54. The minimum atomic E-state index is -3.68. The molecule has 0 atom stereocenters. The zero-order valence-electron chi connectivity index (χ0n) is 9.85. The predicted octanol–water partition coefficient (Wildman–Crippen LogP) is 1.24. The normalized spacial score (nSPS) is 17.5. The van der Waals surface area contributed by atoms with Crippen LogP contribution in [-0.4, -0.2) is 38.6 Å². The maximum absolute atomic E-state index is 12.2. The lowest BCUT2D eigenvalue weighted by molar-refractivity contribution is 0.0702. The molecule has 0 aliphatic carbocycles. The highest BCUT2D eigenvalue weighted by atomic mass is 79.9. The summed E-state index contributed by atoms with van der Waals surface area (Å²) >= 11 is 4.01. The SMILES string of the molecule is O=C(O)c1cc(S(=O)(=O)NC2CCNCC2)c(Br)s1. The predicted molar refractivity (Wildman–Crippen MR) is 75.2 cm³/mol. The number of sulfonamides is 1. The van der Waals surface area contributed by atoms with Crippen LogP contribution in [-0.2, 0) is 10.0 Å². The number of rotatable bonds is 4. The van der Waals surface area contributed by atoms with Gasteiger partial charge in [-0.3, -0.25) is 0 Å². The van der Waals surface area contributed by atoms with Crippen LogP contribution in [0.15, 0.2) is 14.7 Å². The molecule has 3 N–H and O–H groups in total. The molecule has 0 bridgehead atoms. The Balaban J connectivity index is 2.21. The van der Waals surface area contributed by atoms with E-state index in [1.165, 1.54) is 6.07 Å². The average Bonchev–Trinajstić information content (AvgIpc) is 2.73. The molecule has 2 rings (SSSR count). The molecule has 0 radical (unpaired) electrons. The third-order valence-corrected chi connectivity index (χ3v) is 6.58. The number of carboxylic acid groups (broad SMARTS) is 1. The summed E-state index contributed by atoms with van der Waals surface area (Å²) in [5.74, 6) is -1.13. The third-order valence-electron chi connectivity index (χ3n) is 2.82. The van der Waals surface area contributed by atoms with E-state index >= 15 is 0 Å². The fourth-order valence-electron chi connectivity index (χ4n) is 1.86. The van der Waals surface area contributed by atoms with E-state index in [9.17, 15) is 13.2 Å². The van der Waals surface area contributed by atoms with Gasteiger partial charge in [0.1, 0.15) is 9.77 Å². The first-order valence-corrected chi connectivity index (χ1v) is 8.75. The fourth-order valence-corrected chi connectivity index (χ4v) is 5.57. The number of carbonyl (C=O) groups is 1. The van der Waals surface area contributed by atoms with E-state index in [1.807, 2.05) is 0 Å². The van der Waals surface area contributed by atoms with Crippen LogP contribution in [0, 0.1) is 0 Å². The summed E-state index contributed by atoms with van der Waals surface area (Å²) in [4.78, 5) is 10.8. The van der Waals surface area contributed by atoms with Crippen LogP contribution in [0.5, 0.6) is 0 Å². The van der Waals surface area contributed by atoms with Crippen molar-refractivity contribution in [2.45, 2.75) is 23.8 Å². The summed E-state index contributed by atoms with van der Waals surface area (Å²) in [7, 11) is -3.68. The molecule has 0 unspecified atom stereocenters. The van der Waals surface area contributed by atoms with E-state index in [0.717, 1.165) is 37.3 Å². The molecule has 1 saturated heterocycles. The Morgan fingerprint density at radius 1 is 1.47 bits per heavy atom. The monoisotopic (exact) mass is 368 g/mol. The lowest BCUT2D eigenvalue weighted by Gasteiger charge is -2.23. The van der Waals surface area contributed by atoms with E-state index in [0.29, 0.717) is 3.79 Å². The van der Waals surface area contributed by atoms with Crippen molar-refractivity contribution in [3.63, 3.8) is 0 Å². The van der Waals surface area contributed by atoms with E-state index in [1.54, 1.807) is 0 Å². The molecule has 1 aromatic heterocycles. The first-order chi connectivity index (χ1) is 8.90. The van der Waals surface area contributed by atoms with Gasteiger partial charge in [-0.2, -0.15) is 0 Å². The van der Waals surface area contributed by atoms with Crippen LogP contribution in [0.1, 0.15) is 22.5 Å². The lowest BCUT2D eigenvalue weighted by atomic mass is 10.1. The summed E-state index contributed by atoms with van der Waals surface area (Å²) < 4.78 is 27.4. The fraction of sp³-hybridized carbons (Fsp3) is 0.500. The van der Waals surface area contributed by atoms with Crippen LogP contribution in [0.4, 0.5) is 0 Å². The van der Waals surface area contributed by atoms with Gasteiger partial charge in [-0.15, -0.1) is 11.3 Å². The van der Waals surface area contributed by atoms with Gasteiger partial charge >= 0.3 is 5.97 Å². The Hall–Kier alpha value is -0.480. The van der Waals surface area contributed by atoms with Crippen molar-refractivity contribution in [1.29, 1.82) is 0 Å². The molecule has 0 aromatic carbocycles. The van der Waals surface area contributed by atoms with Gasteiger partial charge in [0.25, 0.3) is 0 Å². The van der Waals surface area contributed by atoms with Gasteiger partial charge < -0.3 is 10.4 Å². The Labute approximate surface area is 123 Å². The maximum Gasteiger partial charge on any atom is 0.345 e. The number of nitrogens with one attached hydrogen (secondary N) is 2. The second kappa shape index (κ2) is 5.88. The summed E-state index contributed by atoms with van der Waals surface area (Å²) in [5, 5.41) is 12.0. The average molecular weight is 369 g/mol. The van der Waals surface area contributed by atoms with Crippen LogP contribution in [0.25, 0.3) is 0 Å². The molecule has 1 fully saturated rings. The lowest BCUT2D eigenvalue weighted by Crippen LogP contribution is -2.42. The molecular weight excluding hydrogens is 356 g/mol. The van der Waals surface area contributed by atoms with Gasteiger partial charge in [-0.05, 0) is 47.9 Å². The van der Waals surface area contributed by atoms with Crippen molar-refractivity contribution in [1.82, 2.24) is 10.0 Å². The molecule has 19 heavy (non-hydrogen) atoms. The number of thiophene rings is 1. The van der Waals surface area contributed by atoms with Crippen LogP contribution in [0.2, 0.25) is 0 Å². The Morgan fingerprint density at radius 2 is 2.11 bits per heavy atom. The van der Waals surface area contributed by atoms with E-state index in [4.69, 9.17) is 5.11 Å². The number of hydrogen-bond donors (Lipinski definition) is 3. The Bertz CT molecular complexity index is 578. The summed E-state index contributed by atoms with van der Waals surface area (Å²) in [5.41, 5.74) is 0. The van der Waals surface area contributed by atoms with Crippen molar-refractivity contribution in [2.24, 2.45) is 0 Å². The summed E-state index contributed by atoms with van der Waals surface area (Å²) in [6.07, 6.45) is 1.46. The smallest absolute Gasteiger partial charge is 0.345 e. The Kier molecular flexibility index (Phi) is 4.62. The van der Waals surface area contributed by atoms with Crippen molar-refractivity contribution < 1.29 is 18.3 Å². The van der Waals surface area contributed by atoms with E-state index in [-0.39, 0.29) is 15.8 Å². The number of hydrogen-bond acceptors (Lipinski definition) is 5. The van der Waals surface area contributed by atoms with Gasteiger partial charge in [0.15, 0.2) is 0 Å². The molecule has 106 valence electrons. The van der Waals surface area contributed by atoms with Gasteiger partial charge in [0.05, 0.1) is 3.79 Å². The zero-order chi connectivity index (χ0) is 14.0. The largest absolute Gasteiger partial charge is 0.477 e. The molecule has 0 saturated carbocycles. The topological polar surface area (TPSA) is 95.5 Å². The van der Waals surface area contributed by atoms with Crippen LogP contribution >= 0.6 is 27.3 Å². The number of aromatic carboxylic acids is 1. The number of halogens is 1. The van der Waals surface area contributed by atoms with Crippen molar-refractivity contribution >= 4 is 43.3 Å². The standard InChI is InChI=1S/C10H13BrN2O4S2/c11-9-8(5-7(18-9)10(14)15)19(16,17)13-6-1-3-12-4-2-6/h5-6,12-13H,1-4H2,(H,14,15). The first-order valence-electron chi connectivity index (χ1n) is 5.66. The van der Waals surface area contributed by atoms with Crippen LogP contribution in [0.3, 0.4) is 0 Å². The highest BCUT2D eigenvalue weighted by Gasteiger charge is 2.26. The minimum absolute atomic E-state index is 0.00226. The second-order valence-electron chi connectivity index (χ2n) is 4.20. The van der Waals surface area contributed by atoms with E-state index in [2.05, 4.69) is 26.0 Å². The molecule has 0 spiro atoms. The Morgan fingerprint density at radius 3 is 2.63 bits per heavy atom. The van der Waals surface area contributed by atoms with Gasteiger partial charge in [0, 0.05) is 6.04 Å². The van der Waals surface area contributed by atoms with Crippen molar-refractivity contribution in [2.75, 3.05) is 13.1 Å². The summed E-state index contributed by atoms with van der Waals surface area (Å²) in [6, 6.07) is 1.08. The quantitative estimate of drug-likeness (QED) is 0.742. The molecule has 1 aromatic rings. The molecule has 1 aliphatic heterocycles. The van der Waals surface area contributed by atoms with Crippen LogP contribution < -0.4 is 10.0 Å². The first kappa shape index (κ1) is 14.9. The number of piperidine rings is 1. The van der Waals surface area contributed by atoms with Gasteiger partial charge in [0.2, 0.25) is 10.0 Å². The van der Waals surface area contributed by atoms with E-state index < -0.39 is 16.0 Å². The molecule has 9 heteroatoms. The van der Waals surface area contributed by atoms with Crippen molar-refractivity contribution in [3.8, 4) is 0 Å². The van der Waals surface area contributed by atoms with Crippen molar-refractivity contribution in [3.05, 3.63) is 14.7 Å². The second-order valence-corrected chi connectivity index (χ2v) is 8.25. The molecular formula is C10H13BrN2O4S2. The molecule has 6 nitrogen and oxygen atoms in total. The van der Waals surface area contributed by atoms with Gasteiger partial charge in [-0.25, -0.2) is 17.9 Å². The highest BCUT2D eigenvalue weighted by Crippen LogP contribution is 2.32. The summed E-state index contributed by atoms with van der Waals surface area (Å²) in [6.45, 7) is 1.55. The van der Waals surface area contributed by atoms with Gasteiger partial charge in [-0.1, -0.05) is 0 Å². The molecule has 2 heterocycles. The molecule has 1 aliphatic rings. The maximum atomic E-state index is 12.2. The minimum Gasteiger partial charge on any atom is -0.477 e. The number of carboxylic acids is 1.